The van der Waals surface area contributed by atoms with Gasteiger partial charge in [0.1, 0.15) is 0 Å². The van der Waals surface area contributed by atoms with Crippen LogP contribution >= 0.6 is 11.3 Å². The SMILES string of the molecule is Cc1ccc2nc(NC(=O)c3nn(C)c(=O)[nH]3)sc2c1. The summed E-state index contributed by atoms with van der Waals surface area (Å²) < 4.78 is 2.06. The summed E-state index contributed by atoms with van der Waals surface area (Å²) in [6.07, 6.45) is 0. The summed E-state index contributed by atoms with van der Waals surface area (Å²) in [4.78, 5) is 29.8. The van der Waals surface area contributed by atoms with Gasteiger partial charge in [0.15, 0.2) is 5.13 Å². The lowest BCUT2D eigenvalue weighted by atomic mass is 10.2. The number of carbonyl (C=O) groups excluding carboxylic acids is 1. The molecule has 0 aliphatic heterocycles. The maximum absolute atomic E-state index is 11.9. The number of aromatic nitrogens is 4. The lowest BCUT2D eigenvalue weighted by Crippen LogP contribution is -2.14. The Labute approximate surface area is 117 Å². The van der Waals surface area contributed by atoms with E-state index in [2.05, 4.69) is 20.4 Å². The highest BCUT2D eigenvalue weighted by Gasteiger charge is 2.14. The van der Waals surface area contributed by atoms with Gasteiger partial charge in [0.2, 0.25) is 5.82 Å². The number of amides is 1. The Bertz CT molecular complexity index is 860. The third-order valence-corrected chi connectivity index (χ3v) is 3.68. The van der Waals surface area contributed by atoms with Crippen molar-refractivity contribution in [3.05, 3.63) is 40.1 Å². The number of rotatable bonds is 2. The maximum atomic E-state index is 11.9. The van der Waals surface area contributed by atoms with Crippen molar-refractivity contribution in [2.75, 3.05) is 5.32 Å². The first-order valence-electron chi connectivity index (χ1n) is 5.85. The van der Waals surface area contributed by atoms with E-state index in [9.17, 15) is 9.59 Å². The van der Waals surface area contributed by atoms with Gasteiger partial charge in [-0.25, -0.2) is 14.5 Å². The molecule has 0 radical (unpaired) electrons. The Hall–Kier alpha value is -2.48. The van der Waals surface area contributed by atoms with Crippen molar-refractivity contribution in [3.8, 4) is 0 Å². The van der Waals surface area contributed by atoms with Crippen LogP contribution in [0, 0.1) is 6.92 Å². The topological polar surface area (TPSA) is 92.7 Å². The standard InChI is InChI=1S/C12H11N5O2S/c1-6-3-4-7-8(5-6)20-11(13-7)15-10(18)9-14-12(19)17(2)16-9/h3-5H,1-2H3,(H,13,15,18)(H,14,16,19). The number of carbonyl (C=O) groups is 1. The minimum Gasteiger partial charge on any atom is -0.295 e. The van der Waals surface area contributed by atoms with E-state index in [1.807, 2.05) is 25.1 Å². The largest absolute Gasteiger partial charge is 0.343 e. The normalized spacial score (nSPS) is 10.9. The van der Waals surface area contributed by atoms with E-state index < -0.39 is 11.6 Å². The second-order valence-corrected chi connectivity index (χ2v) is 5.38. The zero-order valence-electron chi connectivity index (χ0n) is 10.8. The number of benzene rings is 1. The Morgan fingerprint density at radius 1 is 1.45 bits per heavy atom. The van der Waals surface area contributed by atoms with Crippen molar-refractivity contribution in [2.45, 2.75) is 6.92 Å². The van der Waals surface area contributed by atoms with Crippen molar-refractivity contribution >= 4 is 32.6 Å². The second kappa shape index (κ2) is 4.57. The van der Waals surface area contributed by atoms with Gasteiger partial charge in [0.05, 0.1) is 10.2 Å². The molecule has 2 N–H and O–H groups in total. The second-order valence-electron chi connectivity index (χ2n) is 4.35. The van der Waals surface area contributed by atoms with Gasteiger partial charge >= 0.3 is 5.69 Å². The number of nitrogens with zero attached hydrogens (tertiary/aromatic N) is 3. The quantitative estimate of drug-likeness (QED) is 0.743. The highest BCUT2D eigenvalue weighted by molar-refractivity contribution is 7.22. The smallest absolute Gasteiger partial charge is 0.295 e. The Morgan fingerprint density at radius 3 is 2.95 bits per heavy atom. The van der Waals surface area contributed by atoms with Crippen LogP contribution in [0.2, 0.25) is 0 Å². The van der Waals surface area contributed by atoms with E-state index in [4.69, 9.17) is 0 Å². The lowest BCUT2D eigenvalue weighted by molar-refractivity contribution is 0.101. The van der Waals surface area contributed by atoms with Gasteiger partial charge in [-0.05, 0) is 24.6 Å². The van der Waals surface area contributed by atoms with Gasteiger partial charge in [-0.2, -0.15) is 0 Å². The summed E-state index contributed by atoms with van der Waals surface area (Å²) in [5.74, 6) is -0.522. The molecule has 2 aromatic heterocycles. The molecule has 0 aliphatic carbocycles. The van der Waals surface area contributed by atoms with E-state index in [1.54, 1.807) is 0 Å². The molecular weight excluding hydrogens is 278 g/mol. The number of nitrogens with one attached hydrogen (secondary N) is 2. The molecule has 0 spiro atoms. The van der Waals surface area contributed by atoms with Gasteiger partial charge in [0, 0.05) is 7.05 Å². The molecule has 102 valence electrons. The predicted molar refractivity (Wildman–Crippen MR) is 76.1 cm³/mol. The molecule has 0 fully saturated rings. The van der Waals surface area contributed by atoms with Crippen LogP contribution in [-0.2, 0) is 7.05 Å². The summed E-state index contributed by atoms with van der Waals surface area (Å²) in [7, 11) is 1.47. The van der Waals surface area contributed by atoms with Crippen molar-refractivity contribution in [3.63, 3.8) is 0 Å². The van der Waals surface area contributed by atoms with E-state index in [1.165, 1.54) is 18.4 Å². The molecule has 3 aromatic rings. The number of aromatic amines is 1. The van der Waals surface area contributed by atoms with Crippen LogP contribution in [-0.4, -0.2) is 25.7 Å². The molecule has 3 rings (SSSR count). The van der Waals surface area contributed by atoms with Crippen LogP contribution in [0.3, 0.4) is 0 Å². The van der Waals surface area contributed by atoms with E-state index in [0.717, 1.165) is 20.5 Å². The highest BCUT2D eigenvalue weighted by atomic mass is 32.1. The molecule has 1 aromatic carbocycles. The molecule has 8 heteroatoms. The van der Waals surface area contributed by atoms with E-state index in [-0.39, 0.29) is 5.82 Å². The number of thiazole rings is 1. The van der Waals surface area contributed by atoms with Crippen LogP contribution < -0.4 is 11.0 Å². The minimum absolute atomic E-state index is 0.0343. The zero-order chi connectivity index (χ0) is 14.3. The molecular formula is C12H11N5O2S. The first-order valence-corrected chi connectivity index (χ1v) is 6.66. The molecule has 0 saturated carbocycles. The fraction of sp³-hybridized carbons (Fsp3) is 0.167. The average Bonchev–Trinajstić information content (AvgIpc) is 2.93. The molecule has 0 saturated heterocycles. The van der Waals surface area contributed by atoms with Crippen LogP contribution in [0.25, 0.3) is 10.2 Å². The summed E-state index contributed by atoms with van der Waals surface area (Å²) in [5, 5.41) is 6.89. The van der Waals surface area contributed by atoms with Crippen molar-refractivity contribution in [2.24, 2.45) is 7.05 Å². The number of anilines is 1. The first-order chi connectivity index (χ1) is 9.52. The molecule has 20 heavy (non-hydrogen) atoms. The van der Waals surface area contributed by atoms with Crippen LogP contribution in [0.15, 0.2) is 23.0 Å². The van der Waals surface area contributed by atoms with Crippen LogP contribution in [0.4, 0.5) is 5.13 Å². The number of hydrogen-bond acceptors (Lipinski definition) is 5. The zero-order valence-corrected chi connectivity index (χ0v) is 11.6. The van der Waals surface area contributed by atoms with Crippen LogP contribution in [0.5, 0.6) is 0 Å². The third kappa shape index (κ3) is 2.21. The van der Waals surface area contributed by atoms with Crippen molar-refractivity contribution < 1.29 is 4.79 Å². The Balaban J connectivity index is 1.89. The maximum Gasteiger partial charge on any atom is 0.343 e. The van der Waals surface area contributed by atoms with Gasteiger partial charge < -0.3 is 0 Å². The van der Waals surface area contributed by atoms with E-state index >= 15 is 0 Å². The fourth-order valence-corrected chi connectivity index (χ4v) is 2.71. The van der Waals surface area contributed by atoms with Gasteiger partial charge in [-0.15, -0.1) is 5.10 Å². The molecule has 2 heterocycles. The van der Waals surface area contributed by atoms with Gasteiger partial charge in [-0.1, -0.05) is 17.4 Å². The molecule has 0 atom stereocenters. The highest BCUT2D eigenvalue weighted by Crippen LogP contribution is 2.26. The predicted octanol–water partition coefficient (Wildman–Crippen LogP) is 1.28. The molecule has 7 nitrogen and oxygen atoms in total. The van der Waals surface area contributed by atoms with E-state index in [0.29, 0.717) is 5.13 Å². The fourth-order valence-electron chi connectivity index (χ4n) is 1.75. The van der Waals surface area contributed by atoms with Gasteiger partial charge in [-0.3, -0.25) is 15.1 Å². The Kier molecular flexibility index (Phi) is 2.87. The van der Waals surface area contributed by atoms with Crippen molar-refractivity contribution in [1.29, 1.82) is 0 Å². The third-order valence-electron chi connectivity index (χ3n) is 2.75. The average molecular weight is 289 g/mol. The summed E-state index contributed by atoms with van der Waals surface area (Å²) in [5.41, 5.74) is 1.52. The first kappa shape index (κ1) is 12.5. The van der Waals surface area contributed by atoms with Crippen molar-refractivity contribution in [1.82, 2.24) is 19.7 Å². The number of aryl methyl sites for hydroxylation is 2. The lowest BCUT2D eigenvalue weighted by Gasteiger charge is -1.95. The molecule has 1 amide bonds. The number of hydrogen-bond donors (Lipinski definition) is 2. The number of fused-ring (bicyclic) bond motifs is 1. The molecule has 0 aliphatic rings. The summed E-state index contributed by atoms with van der Waals surface area (Å²) in [6.45, 7) is 2.00. The summed E-state index contributed by atoms with van der Waals surface area (Å²) in [6, 6.07) is 5.87. The Morgan fingerprint density at radius 2 is 2.25 bits per heavy atom. The molecule has 0 bridgehead atoms. The monoisotopic (exact) mass is 289 g/mol. The molecule has 0 unspecified atom stereocenters. The number of H-pyrrole nitrogens is 1. The van der Waals surface area contributed by atoms with Crippen LogP contribution in [0.1, 0.15) is 16.2 Å². The van der Waals surface area contributed by atoms with Gasteiger partial charge in [0.25, 0.3) is 5.91 Å². The minimum atomic E-state index is -0.488. The summed E-state index contributed by atoms with van der Waals surface area (Å²) >= 11 is 1.38.